The minimum absolute atomic E-state index is 0.178. The first-order valence-electron chi connectivity index (χ1n) is 6.72. The van der Waals surface area contributed by atoms with E-state index in [0.29, 0.717) is 23.0 Å². The lowest BCUT2D eigenvalue weighted by atomic mass is 10.2. The average Bonchev–Trinajstić information content (AvgIpc) is 2.81. The van der Waals surface area contributed by atoms with Crippen LogP contribution in [0.4, 0.5) is 0 Å². The Balaban J connectivity index is 1.88. The van der Waals surface area contributed by atoms with Gasteiger partial charge in [0.15, 0.2) is 0 Å². The maximum absolute atomic E-state index is 12.5. The number of fused-ring (bicyclic) bond motifs is 1. The van der Waals surface area contributed by atoms with Gasteiger partial charge in [0.25, 0.3) is 5.91 Å². The van der Waals surface area contributed by atoms with Crippen molar-refractivity contribution in [3.05, 3.63) is 69.0 Å². The molecule has 0 fully saturated rings. The van der Waals surface area contributed by atoms with Gasteiger partial charge in [-0.15, -0.1) is 0 Å². The van der Waals surface area contributed by atoms with Crippen LogP contribution >= 0.6 is 27.5 Å². The molecule has 0 radical (unpaired) electrons. The number of amides is 1. The number of nitrogens with zero attached hydrogens (tertiary/aromatic N) is 2. The lowest BCUT2D eigenvalue weighted by molar-refractivity contribution is 0.0944. The Bertz CT molecular complexity index is 860. The third-order valence-electron chi connectivity index (χ3n) is 3.37. The molecule has 3 rings (SSSR count). The number of benzene rings is 1. The van der Waals surface area contributed by atoms with E-state index in [1.165, 1.54) is 0 Å². The molecule has 112 valence electrons. The van der Waals surface area contributed by atoms with Gasteiger partial charge in [0.2, 0.25) is 0 Å². The van der Waals surface area contributed by atoms with Crippen LogP contribution in [0.5, 0.6) is 0 Å². The molecular formula is C16H13BrClN3O. The quantitative estimate of drug-likeness (QED) is 0.749. The highest BCUT2D eigenvalue weighted by Gasteiger charge is 2.16. The van der Waals surface area contributed by atoms with Crippen molar-refractivity contribution in [2.75, 3.05) is 0 Å². The van der Waals surface area contributed by atoms with Crippen molar-refractivity contribution in [1.29, 1.82) is 0 Å². The van der Waals surface area contributed by atoms with Crippen molar-refractivity contribution in [2.45, 2.75) is 13.5 Å². The maximum Gasteiger partial charge on any atom is 0.270 e. The summed E-state index contributed by atoms with van der Waals surface area (Å²) in [6, 6.07) is 11.2. The molecule has 1 N–H and O–H groups in total. The molecule has 0 bridgehead atoms. The van der Waals surface area contributed by atoms with E-state index in [1.807, 2.05) is 43.5 Å². The molecule has 0 aliphatic heterocycles. The van der Waals surface area contributed by atoms with Crippen molar-refractivity contribution in [3.63, 3.8) is 0 Å². The van der Waals surface area contributed by atoms with E-state index in [0.717, 1.165) is 15.7 Å². The Morgan fingerprint density at radius 3 is 2.86 bits per heavy atom. The summed E-state index contributed by atoms with van der Waals surface area (Å²) in [6.07, 6.45) is 1.83. The Hall–Kier alpha value is -1.85. The maximum atomic E-state index is 12.5. The van der Waals surface area contributed by atoms with Crippen molar-refractivity contribution in [2.24, 2.45) is 0 Å². The normalized spacial score (nSPS) is 10.9. The van der Waals surface area contributed by atoms with Crippen LogP contribution < -0.4 is 5.32 Å². The molecule has 2 heterocycles. The Kier molecular flexibility index (Phi) is 4.18. The molecule has 0 saturated carbocycles. The summed E-state index contributed by atoms with van der Waals surface area (Å²) >= 11 is 9.52. The van der Waals surface area contributed by atoms with E-state index in [9.17, 15) is 4.79 Å². The van der Waals surface area contributed by atoms with Crippen molar-refractivity contribution < 1.29 is 4.79 Å². The number of halogens is 2. The average molecular weight is 379 g/mol. The Morgan fingerprint density at radius 2 is 2.09 bits per heavy atom. The van der Waals surface area contributed by atoms with E-state index in [-0.39, 0.29) is 5.91 Å². The van der Waals surface area contributed by atoms with Crippen LogP contribution in [0.1, 0.15) is 21.7 Å². The molecule has 3 aromatic rings. The Morgan fingerprint density at radius 1 is 1.32 bits per heavy atom. The van der Waals surface area contributed by atoms with Crippen molar-refractivity contribution in [1.82, 2.24) is 14.7 Å². The molecule has 1 amide bonds. The first-order chi connectivity index (χ1) is 10.6. The second-order valence-electron chi connectivity index (χ2n) is 4.90. The lowest BCUT2D eigenvalue weighted by Crippen LogP contribution is -2.25. The number of hydrogen-bond acceptors (Lipinski definition) is 2. The lowest BCUT2D eigenvalue weighted by Gasteiger charge is -2.07. The molecule has 0 atom stereocenters. The summed E-state index contributed by atoms with van der Waals surface area (Å²) in [5.74, 6) is -0.178. The van der Waals surface area contributed by atoms with Gasteiger partial charge in [-0.3, -0.25) is 9.20 Å². The van der Waals surface area contributed by atoms with Gasteiger partial charge in [0, 0.05) is 22.2 Å². The van der Waals surface area contributed by atoms with Crippen LogP contribution in [0.25, 0.3) is 5.65 Å². The highest BCUT2D eigenvalue weighted by atomic mass is 79.9. The zero-order chi connectivity index (χ0) is 15.7. The van der Waals surface area contributed by atoms with Crippen LogP contribution in [-0.4, -0.2) is 15.3 Å². The van der Waals surface area contributed by atoms with Gasteiger partial charge in [-0.05, 0) is 46.6 Å². The molecule has 1 aromatic carbocycles. The van der Waals surface area contributed by atoms with Gasteiger partial charge >= 0.3 is 0 Å². The van der Waals surface area contributed by atoms with Crippen molar-refractivity contribution in [3.8, 4) is 0 Å². The predicted octanol–water partition coefficient (Wildman–Crippen LogP) is 3.99. The smallest absolute Gasteiger partial charge is 0.270 e. The number of pyridine rings is 1. The minimum Gasteiger partial charge on any atom is -0.347 e. The first kappa shape index (κ1) is 15.1. The number of hydrogen-bond donors (Lipinski definition) is 1. The van der Waals surface area contributed by atoms with E-state index in [4.69, 9.17) is 11.6 Å². The fourth-order valence-corrected chi connectivity index (χ4v) is 2.85. The molecule has 0 aliphatic rings. The molecule has 22 heavy (non-hydrogen) atoms. The van der Waals surface area contributed by atoms with Crippen LogP contribution in [0.15, 0.2) is 47.1 Å². The summed E-state index contributed by atoms with van der Waals surface area (Å²) < 4.78 is 2.67. The number of nitrogens with one attached hydrogen (secondary N) is 1. The number of imidazole rings is 1. The summed E-state index contributed by atoms with van der Waals surface area (Å²) in [4.78, 5) is 16.9. The molecular weight excluding hydrogens is 366 g/mol. The molecule has 0 aliphatic carbocycles. The van der Waals surface area contributed by atoms with E-state index < -0.39 is 0 Å². The number of carbonyl (C=O) groups excluding carboxylic acids is 1. The highest BCUT2D eigenvalue weighted by molar-refractivity contribution is 9.10. The highest BCUT2D eigenvalue weighted by Crippen LogP contribution is 2.18. The van der Waals surface area contributed by atoms with E-state index in [2.05, 4.69) is 26.2 Å². The van der Waals surface area contributed by atoms with Gasteiger partial charge in [-0.1, -0.05) is 29.8 Å². The zero-order valence-electron chi connectivity index (χ0n) is 11.8. The first-order valence-corrected chi connectivity index (χ1v) is 7.89. The molecule has 0 saturated heterocycles. The number of aromatic nitrogens is 2. The number of carbonyl (C=O) groups is 1. The minimum atomic E-state index is -0.178. The van der Waals surface area contributed by atoms with E-state index in [1.54, 1.807) is 10.5 Å². The molecule has 0 unspecified atom stereocenters. The number of aryl methyl sites for hydroxylation is 1. The zero-order valence-corrected chi connectivity index (χ0v) is 14.1. The monoisotopic (exact) mass is 377 g/mol. The topological polar surface area (TPSA) is 46.4 Å². The van der Waals surface area contributed by atoms with Gasteiger partial charge < -0.3 is 5.32 Å². The van der Waals surface area contributed by atoms with Crippen LogP contribution in [0.2, 0.25) is 5.02 Å². The molecule has 4 nitrogen and oxygen atoms in total. The molecule has 0 spiro atoms. The van der Waals surface area contributed by atoms with Gasteiger partial charge in [-0.25, -0.2) is 4.98 Å². The molecule has 2 aromatic heterocycles. The van der Waals surface area contributed by atoms with Crippen LogP contribution in [-0.2, 0) is 6.54 Å². The summed E-state index contributed by atoms with van der Waals surface area (Å²) in [5.41, 5.74) is 2.84. The van der Waals surface area contributed by atoms with Gasteiger partial charge in [0.1, 0.15) is 11.3 Å². The SMILES string of the molecule is Cc1nc2ccc(Br)cn2c1C(=O)NCc1ccccc1Cl. The largest absolute Gasteiger partial charge is 0.347 e. The van der Waals surface area contributed by atoms with Crippen LogP contribution in [0.3, 0.4) is 0 Å². The second kappa shape index (κ2) is 6.10. The summed E-state index contributed by atoms with van der Waals surface area (Å²) in [7, 11) is 0. The summed E-state index contributed by atoms with van der Waals surface area (Å²) in [5, 5.41) is 3.53. The van der Waals surface area contributed by atoms with Gasteiger partial charge in [0.05, 0.1) is 5.69 Å². The van der Waals surface area contributed by atoms with Gasteiger partial charge in [-0.2, -0.15) is 0 Å². The van der Waals surface area contributed by atoms with Crippen LogP contribution in [0, 0.1) is 6.92 Å². The fraction of sp³-hybridized carbons (Fsp3) is 0.125. The Labute approximate surface area is 141 Å². The standard InChI is InChI=1S/C16H13BrClN3O/c1-10-15(21-9-12(17)6-7-14(21)20-10)16(22)19-8-11-4-2-3-5-13(11)18/h2-7,9H,8H2,1H3,(H,19,22). The van der Waals surface area contributed by atoms with Crippen molar-refractivity contribution >= 4 is 39.1 Å². The second-order valence-corrected chi connectivity index (χ2v) is 6.22. The fourth-order valence-electron chi connectivity index (χ4n) is 2.31. The van der Waals surface area contributed by atoms with E-state index >= 15 is 0 Å². The molecule has 6 heteroatoms. The predicted molar refractivity (Wildman–Crippen MR) is 90.3 cm³/mol. The third kappa shape index (κ3) is 2.87. The third-order valence-corrected chi connectivity index (χ3v) is 4.21. The number of rotatable bonds is 3. The summed E-state index contributed by atoms with van der Waals surface area (Å²) in [6.45, 7) is 2.20.